The minimum Gasteiger partial charge on any atom is -0.337 e. The van der Waals surface area contributed by atoms with Gasteiger partial charge >= 0.3 is 0 Å². The highest BCUT2D eigenvalue weighted by atomic mass is 32.1. The molecule has 0 atom stereocenters. The second-order valence-corrected chi connectivity index (χ2v) is 5.95. The Balaban J connectivity index is 2.03. The molecule has 1 heterocycles. The molecule has 6 heteroatoms. The number of benzene rings is 1. The maximum absolute atomic E-state index is 13.2. The van der Waals surface area contributed by atoms with E-state index in [0.717, 1.165) is 17.0 Å². The molecule has 0 saturated heterocycles. The van der Waals surface area contributed by atoms with E-state index in [9.17, 15) is 9.18 Å². The van der Waals surface area contributed by atoms with E-state index in [4.69, 9.17) is 5.73 Å². The van der Waals surface area contributed by atoms with Crippen LogP contribution in [0.2, 0.25) is 0 Å². The van der Waals surface area contributed by atoms with Gasteiger partial charge in [-0.25, -0.2) is 9.37 Å². The summed E-state index contributed by atoms with van der Waals surface area (Å²) in [6, 6.07) is 6.48. The fourth-order valence-electron chi connectivity index (χ4n) is 2.21. The lowest BCUT2D eigenvalue weighted by atomic mass is 10.1. The van der Waals surface area contributed by atoms with Crippen LogP contribution in [0.1, 0.15) is 34.4 Å². The van der Waals surface area contributed by atoms with Crippen LogP contribution in [0.4, 0.5) is 4.39 Å². The molecule has 2 rings (SSSR count). The monoisotopic (exact) mass is 321 g/mol. The Morgan fingerprint density at radius 3 is 2.86 bits per heavy atom. The van der Waals surface area contributed by atoms with Crippen molar-refractivity contribution in [2.45, 2.75) is 26.3 Å². The molecule has 2 N–H and O–H groups in total. The van der Waals surface area contributed by atoms with Crippen molar-refractivity contribution in [3.05, 3.63) is 51.7 Å². The van der Waals surface area contributed by atoms with Gasteiger partial charge in [0.2, 0.25) is 0 Å². The third-order valence-electron chi connectivity index (χ3n) is 3.29. The van der Waals surface area contributed by atoms with Gasteiger partial charge in [0.05, 0.1) is 0 Å². The molecule has 0 aliphatic rings. The molecule has 0 aliphatic carbocycles. The maximum atomic E-state index is 13.2. The lowest BCUT2D eigenvalue weighted by molar-refractivity contribution is 0.0752. The minimum absolute atomic E-state index is 0.0887. The highest BCUT2D eigenvalue weighted by Crippen LogP contribution is 2.13. The zero-order chi connectivity index (χ0) is 15.9. The first-order valence-corrected chi connectivity index (χ1v) is 8.20. The molecule has 0 fully saturated rings. The van der Waals surface area contributed by atoms with E-state index >= 15 is 0 Å². The summed E-state index contributed by atoms with van der Waals surface area (Å²) in [5.74, 6) is -0.341. The molecule has 0 aliphatic heterocycles. The van der Waals surface area contributed by atoms with E-state index in [0.29, 0.717) is 31.7 Å². The van der Waals surface area contributed by atoms with Gasteiger partial charge in [0.15, 0.2) is 0 Å². The number of hydrogen-bond donors (Lipinski definition) is 1. The van der Waals surface area contributed by atoms with Gasteiger partial charge in [-0.2, -0.15) is 0 Å². The van der Waals surface area contributed by atoms with E-state index in [1.54, 1.807) is 16.3 Å². The van der Waals surface area contributed by atoms with Crippen LogP contribution in [0, 0.1) is 5.82 Å². The molecular formula is C16H20FN3OS. The average molecular weight is 321 g/mol. The quantitative estimate of drug-likeness (QED) is 0.853. The number of carbonyl (C=O) groups is 1. The fourth-order valence-corrected chi connectivity index (χ4v) is 2.85. The first kappa shape index (κ1) is 16.6. The normalized spacial score (nSPS) is 10.7. The largest absolute Gasteiger partial charge is 0.337 e. The molecule has 1 aromatic heterocycles. The number of halogens is 1. The molecule has 118 valence electrons. The second-order valence-electron chi connectivity index (χ2n) is 5.00. The molecule has 2 aromatic rings. The van der Waals surface area contributed by atoms with E-state index in [1.807, 2.05) is 13.0 Å². The van der Waals surface area contributed by atoms with Crippen molar-refractivity contribution in [2.24, 2.45) is 5.73 Å². The van der Waals surface area contributed by atoms with Crippen LogP contribution in [0.15, 0.2) is 29.6 Å². The topological polar surface area (TPSA) is 59.2 Å². The van der Waals surface area contributed by atoms with Crippen molar-refractivity contribution in [3.8, 4) is 0 Å². The molecule has 0 radical (unpaired) electrons. The third-order valence-corrected chi connectivity index (χ3v) is 4.16. The van der Waals surface area contributed by atoms with Gasteiger partial charge < -0.3 is 10.6 Å². The Hall–Kier alpha value is -1.79. The molecule has 1 aromatic carbocycles. The Morgan fingerprint density at radius 1 is 1.41 bits per heavy atom. The smallest absolute Gasteiger partial charge is 0.273 e. The van der Waals surface area contributed by atoms with Crippen molar-refractivity contribution in [3.63, 3.8) is 0 Å². The van der Waals surface area contributed by atoms with Crippen LogP contribution in [0.5, 0.6) is 0 Å². The predicted octanol–water partition coefficient (Wildman–Crippen LogP) is 2.84. The van der Waals surface area contributed by atoms with E-state index < -0.39 is 0 Å². The standard InChI is InChI=1S/C16H20FN3OS/c1-2-7-20(8-6-12-4-3-5-13(17)9-12)16(21)14-11-22-15(10-18)19-14/h3-5,9,11H,2,6-8,10,18H2,1H3. The molecule has 0 bridgehead atoms. The number of aromatic nitrogens is 1. The summed E-state index contributed by atoms with van der Waals surface area (Å²) in [6.07, 6.45) is 1.49. The Labute approximate surface area is 133 Å². The molecule has 0 spiro atoms. The predicted molar refractivity (Wildman–Crippen MR) is 86.3 cm³/mol. The molecule has 1 amide bonds. The zero-order valence-electron chi connectivity index (χ0n) is 12.6. The van der Waals surface area contributed by atoms with Crippen molar-refractivity contribution in [2.75, 3.05) is 13.1 Å². The van der Waals surface area contributed by atoms with Gasteiger partial charge in [-0.3, -0.25) is 4.79 Å². The zero-order valence-corrected chi connectivity index (χ0v) is 13.4. The Kier molecular flexibility index (Phi) is 6.03. The second kappa shape index (κ2) is 8.00. The van der Waals surface area contributed by atoms with Crippen LogP contribution < -0.4 is 5.73 Å². The summed E-state index contributed by atoms with van der Waals surface area (Å²) < 4.78 is 13.2. The third kappa shape index (κ3) is 4.35. The van der Waals surface area contributed by atoms with Crippen molar-refractivity contribution in [1.82, 2.24) is 9.88 Å². The fraction of sp³-hybridized carbons (Fsp3) is 0.375. The number of carbonyl (C=O) groups excluding carboxylic acids is 1. The minimum atomic E-state index is -0.252. The van der Waals surface area contributed by atoms with Crippen LogP contribution in [0.25, 0.3) is 0 Å². The number of thiazole rings is 1. The Morgan fingerprint density at radius 2 is 2.23 bits per heavy atom. The van der Waals surface area contributed by atoms with E-state index in [2.05, 4.69) is 4.98 Å². The van der Waals surface area contributed by atoms with E-state index in [1.165, 1.54) is 23.5 Å². The Bertz CT molecular complexity index is 629. The maximum Gasteiger partial charge on any atom is 0.273 e. The number of nitrogens with two attached hydrogens (primary N) is 1. The van der Waals surface area contributed by atoms with Crippen molar-refractivity contribution >= 4 is 17.2 Å². The number of nitrogens with zero attached hydrogens (tertiary/aromatic N) is 2. The van der Waals surface area contributed by atoms with E-state index in [-0.39, 0.29) is 11.7 Å². The number of rotatable bonds is 7. The molecule has 22 heavy (non-hydrogen) atoms. The van der Waals surface area contributed by atoms with Crippen molar-refractivity contribution in [1.29, 1.82) is 0 Å². The SMILES string of the molecule is CCCN(CCc1cccc(F)c1)C(=O)c1csc(CN)n1. The van der Waals surface area contributed by atoms with Gasteiger partial charge in [0.25, 0.3) is 5.91 Å². The lowest BCUT2D eigenvalue weighted by Crippen LogP contribution is -2.34. The molecular weight excluding hydrogens is 301 g/mol. The van der Waals surface area contributed by atoms with Gasteiger partial charge in [-0.15, -0.1) is 11.3 Å². The first-order valence-electron chi connectivity index (χ1n) is 7.32. The van der Waals surface area contributed by atoms with Crippen LogP contribution >= 0.6 is 11.3 Å². The highest BCUT2D eigenvalue weighted by molar-refractivity contribution is 7.09. The summed E-state index contributed by atoms with van der Waals surface area (Å²) in [5.41, 5.74) is 6.86. The number of hydrogen-bond acceptors (Lipinski definition) is 4. The van der Waals surface area contributed by atoms with Gasteiger partial charge in [-0.1, -0.05) is 19.1 Å². The van der Waals surface area contributed by atoms with Gasteiger partial charge in [0.1, 0.15) is 16.5 Å². The van der Waals surface area contributed by atoms with Crippen LogP contribution in [-0.2, 0) is 13.0 Å². The van der Waals surface area contributed by atoms with Crippen LogP contribution in [0.3, 0.4) is 0 Å². The summed E-state index contributed by atoms with van der Waals surface area (Å²) in [4.78, 5) is 18.5. The first-order chi connectivity index (χ1) is 10.6. The summed E-state index contributed by atoms with van der Waals surface area (Å²) in [5, 5.41) is 2.50. The van der Waals surface area contributed by atoms with Crippen molar-refractivity contribution < 1.29 is 9.18 Å². The number of amides is 1. The van der Waals surface area contributed by atoms with Crippen LogP contribution in [-0.4, -0.2) is 28.9 Å². The molecule has 0 saturated carbocycles. The average Bonchev–Trinajstić information content (AvgIpc) is 3.00. The van der Waals surface area contributed by atoms with Gasteiger partial charge in [-0.05, 0) is 30.5 Å². The molecule has 4 nitrogen and oxygen atoms in total. The van der Waals surface area contributed by atoms with Gasteiger partial charge in [0, 0.05) is 25.0 Å². The summed E-state index contributed by atoms with van der Waals surface area (Å²) in [7, 11) is 0. The summed E-state index contributed by atoms with van der Waals surface area (Å²) >= 11 is 1.40. The lowest BCUT2D eigenvalue weighted by Gasteiger charge is -2.21. The highest BCUT2D eigenvalue weighted by Gasteiger charge is 2.17. The molecule has 0 unspecified atom stereocenters. The summed E-state index contributed by atoms with van der Waals surface area (Å²) in [6.45, 7) is 3.57.